The first-order valence-electron chi connectivity index (χ1n) is 1.80. The second-order valence-corrected chi connectivity index (χ2v) is 1.01. The van der Waals surface area contributed by atoms with Crippen LogP contribution in [0.2, 0.25) is 0 Å². The van der Waals surface area contributed by atoms with E-state index >= 15 is 0 Å². The van der Waals surface area contributed by atoms with E-state index < -0.39 is 12.3 Å². The fourth-order valence-electron chi connectivity index (χ4n) is 0.253. The molecule has 0 spiro atoms. The minimum absolute atomic E-state index is 0. The molecule has 1 saturated heterocycles. The predicted octanol–water partition coefficient (Wildman–Crippen LogP) is -0.514. The number of hydrogen-bond acceptors (Lipinski definition) is 5. The maximum atomic E-state index is 9.93. The molecule has 0 aromatic heterocycles. The molecule has 10 heavy (non-hydrogen) atoms. The normalized spacial score (nSPS) is 14.8. The molecule has 46 valence electrons. The minimum atomic E-state index is -1.01. The van der Waals surface area contributed by atoms with Crippen LogP contribution in [0.4, 0.5) is 9.59 Å². The summed E-state index contributed by atoms with van der Waals surface area (Å²) in [7, 11) is 0. The van der Waals surface area contributed by atoms with Crippen LogP contribution >= 0.6 is 0 Å². The van der Waals surface area contributed by atoms with E-state index in [1.54, 1.807) is 0 Å². The maximum Gasteiger partial charge on any atom is 0.521 e. The van der Waals surface area contributed by atoms with Gasteiger partial charge in [-0.15, -0.1) is 0 Å². The monoisotopic (exact) mass is 164 g/mol. The molecule has 0 aromatic carbocycles. The summed E-state index contributed by atoms with van der Waals surface area (Å²) in [6.07, 6.45) is -2.03. The molecule has 1 heterocycles. The van der Waals surface area contributed by atoms with Gasteiger partial charge in [-0.1, -0.05) is 0 Å². The maximum absolute atomic E-state index is 9.93. The molecule has 0 amide bonds. The van der Waals surface area contributed by atoms with Crippen molar-refractivity contribution in [3.63, 3.8) is 0 Å². The Morgan fingerprint density at radius 3 is 1.60 bits per heavy atom. The van der Waals surface area contributed by atoms with E-state index in [0.717, 1.165) is 0 Å². The van der Waals surface area contributed by atoms with Crippen LogP contribution in [0, 0.1) is 0 Å². The van der Waals surface area contributed by atoms with Crippen LogP contribution in [0.5, 0.6) is 0 Å². The molecule has 5 nitrogen and oxygen atoms in total. The van der Waals surface area contributed by atoms with Gasteiger partial charge < -0.3 is 14.2 Å². The summed E-state index contributed by atoms with van der Waals surface area (Å²) in [5.74, 6) is 0. The van der Waals surface area contributed by atoms with Gasteiger partial charge in [0.05, 0.1) is 0 Å². The molecule has 0 aromatic rings. The smallest absolute Gasteiger partial charge is 0.396 e. The van der Waals surface area contributed by atoms with Crippen molar-refractivity contribution in [3.8, 4) is 0 Å². The number of hydrogen-bond donors (Lipinski definition) is 0. The molecular formula is C3H2Na2O5. The van der Waals surface area contributed by atoms with Crippen LogP contribution in [0.25, 0.3) is 0 Å². The van der Waals surface area contributed by atoms with Gasteiger partial charge in [0.25, 0.3) is 0 Å². The molecule has 1 aliphatic heterocycles. The predicted molar refractivity (Wildman–Crippen MR) is 30.4 cm³/mol. The first-order valence-corrected chi connectivity index (χ1v) is 1.80. The summed E-state index contributed by atoms with van der Waals surface area (Å²) >= 11 is 0. The summed E-state index contributed by atoms with van der Waals surface area (Å²) in [6, 6.07) is 0. The van der Waals surface area contributed by atoms with Crippen LogP contribution in [-0.2, 0) is 14.2 Å². The first-order chi connectivity index (χ1) is 3.79. The zero-order valence-corrected chi connectivity index (χ0v) is 9.75. The molecule has 1 fully saturated rings. The molecule has 1 aliphatic rings. The largest absolute Gasteiger partial charge is 0.521 e. The summed E-state index contributed by atoms with van der Waals surface area (Å²) in [5, 5.41) is 0. The zero-order valence-electron chi connectivity index (χ0n) is 5.75. The number of rotatable bonds is 0. The third-order valence-corrected chi connectivity index (χ3v) is 0.520. The summed E-state index contributed by atoms with van der Waals surface area (Å²) in [6.45, 7) is -0.350. The summed E-state index contributed by atoms with van der Waals surface area (Å²) in [5.41, 5.74) is 0. The third-order valence-electron chi connectivity index (χ3n) is 0.520. The Balaban J connectivity index is 0. The Hall–Kier alpha value is 0.740. The number of cyclic esters (lactones) is 4. The van der Waals surface area contributed by atoms with Crippen molar-refractivity contribution in [2.24, 2.45) is 0 Å². The van der Waals surface area contributed by atoms with E-state index in [1.807, 2.05) is 0 Å². The average molecular weight is 164 g/mol. The fourth-order valence-corrected chi connectivity index (χ4v) is 0.253. The fraction of sp³-hybridized carbons (Fsp3) is 0.333. The molecule has 7 heteroatoms. The van der Waals surface area contributed by atoms with Gasteiger partial charge in [0.1, 0.15) is 0 Å². The summed E-state index contributed by atoms with van der Waals surface area (Å²) < 4.78 is 11.9. The van der Waals surface area contributed by atoms with Gasteiger partial charge in [-0.2, -0.15) is 0 Å². The van der Waals surface area contributed by atoms with E-state index in [2.05, 4.69) is 14.2 Å². The molecule has 0 bridgehead atoms. The molecule has 0 unspecified atom stereocenters. The van der Waals surface area contributed by atoms with Gasteiger partial charge in [-0.05, 0) is 0 Å². The molecule has 2 radical (unpaired) electrons. The summed E-state index contributed by atoms with van der Waals surface area (Å²) in [4.78, 5) is 19.9. The Kier molecular flexibility index (Phi) is 8.60. The number of ether oxygens (including phenoxy) is 3. The van der Waals surface area contributed by atoms with E-state index in [0.29, 0.717) is 0 Å². The van der Waals surface area contributed by atoms with Crippen molar-refractivity contribution in [2.75, 3.05) is 6.79 Å². The SMILES string of the molecule is O=C1OCOC(=O)O1.[Na].[Na]. The standard InChI is InChI=1S/C3H2O5.2Na/c4-2-6-1-7-3(5)8-2;;/h1H2;;. The van der Waals surface area contributed by atoms with Crippen molar-refractivity contribution in [3.05, 3.63) is 0 Å². The van der Waals surface area contributed by atoms with Crippen LogP contribution in [0.1, 0.15) is 0 Å². The van der Waals surface area contributed by atoms with Crippen molar-refractivity contribution in [1.82, 2.24) is 0 Å². The second-order valence-electron chi connectivity index (χ2n) is 1.01. The van der Waals surface area contributed by atoms with E-state index in [1.165, 1.54) is 0 Å². The Bertz CT molecular complexity index is 121. The Morgan fingerprint density at radius 2 is 1.40 bits per heavy atom. The third kappa shape index (κ3) is 4.54. The van der Waals surface area contributed by atoms with Crippen molar-refractivity contribution in [1.29, 1.82) is 0 Å². The van der Waals surface area contributed by atoms with Crippen LogP contribution in [-0.4, -0.2) is 78.2 Å². The first kappa shape index (κ1) is 13.3. The van der Waals surface area contributed by atoms with Gasteiger partial charge in [0.15, 0.2) is 0 Å². The molecule has 0 N–H and O–H groups in total. The zero-order chi connectivity index (χ0) is 5.98. The van der Waals surface area contributed by atoms with Gasteiger partial charge in [-0.25, -0.2) is 9.59 Å². The number of carbonyl (C=O) groups excluding carboxylic acids is 2. The van der Waals surface area contributed by atoms with Gasteiger partial charge in [0.2, 0.25) is 6.79 Å². The minimum Gasteiger partial charge on any atom is -0.396 e. The van der Waals surface area contributed by atoms with E-state index in [9.17, 15) is 9.59 Å². The van der Waals surface area contributed by atoms with Crippen LogP contribution in [0.3, 0.4) is 0 Å². The van der Waals surface area contributed by atoms with Gasteiger partial charge in [0, 0.05) is 59.1 Å². The molecule has 0 saturated carbocycles. The second kappa shape index (κ2) is 6.45. The Morgan fingerprint density at radius 1 is 1.00 bits per heavy atom. The van der Waals surface area contributed by atoms with Crippen LogP contribution < -0.4 is 0 Å². The van der Waals surface area contributed by atoms with Gasteiger partial charge in [-0.3, -0.25) is 0 Å². The van der Waals surface area contributed by atoms with Crippen LogP contribution in [0.15, 0.2) is 0 Å². The molecule has 1 rings (SSSR count). The average Bonchev–Trinajstić information content (AvgIpc) is 1.64. The van der Waals surface area contributed by atoms with E-state index in [-0.39, 0.29) is 65.9 Å². The van der Waals surface area contributed by atoms with Crippen molar-refractivity contribution < 1.29 is 23.8 Å². The Labute approximate surface area is 101 Å². The van der Waals surface area contributed by atoms with Crippen molar-refractivity contribution in [2.45, 2.75) is 0 Å². The van der Waals surface area contributed by atoms with Gasteiger partial charge >= 0.3 is 12.3 Å². The molecular weight excluding hydrogens is 162 g/mol. The quantitative estimate of drug-likeness (QED) is 0.274. The van der Waals surface area contributed by atoms with E-state index in [4.69, 9.17) is 0 Å². The van der Waals surface area contributed by atoms with Crippen molar-refractivity contribution >= 4 is 71.4 Å². The molecule has 0 aliphatic carbocycles. The topological polar surface area (TPSA) is 61.8 Å². The molecule has 0 atom stereocenters. The number of carbonyl (C=O) groups is 2.